The molecule has 1 aliphatic rings. The predicted molar refractivity (Wildman–Crippen MR) is 116 cm³/mol. The normalized spacial score (nSPS) is 24.2. The molecule has 1 aromatic heterocycles. The lowest BCUT2D eigenvalue weighted by atomic mass is 9.61. The van der Waals surface area contributed by atoms with E-state index in [9.17, 15) is 0 Å². The summed E-state index contributed by atoms with van der Waals surface area (Å²) in [4.78, 5) is 0. The number of aryl methyl sites for hydroxylation is 1. The van der Waals surface area contributed by atoms with E-state index in [1.54, 1.807) is 5.56 Å². The zero-order valence-electron chi connectivity index (χ0n) is 17.7. The van der Waals surface area contributed by atoms with E-state index >= 15 is 0 Å². The van der Waals surface area contributed by atoms with E-state index in [-0.39, 0.29) is 11.0 Å². The smallest absolute Gasteiger partial charge is 0.192 e. The SMILES string of the molecule is CCCCCc1cc[n+]2c3c1ccc1cccc(c13)C(C)(CC)C2(C)CC. The molecule has 2 atom stereocenters. The van der Waals surface area contributed by atoms with Crippen LogP contribution in [0.5, 0.6) is 0 Å². The zero-order valence-corrected chi connectivity index (χ0v) is 17.7. The van der Waals surface area contributed by atoms with Crippen molar-refractivity contribution in [3.8, 4) is 0 Å². The summed E-state index contributed by atoms with van der Waals surface area (Å²) in [6.07, 6.45) is 9.75. The maximum atomic E-state index is 2.63. The molecule has 27 heavy (non-hydrogen) atoms. The van der Waals surface area contributed by atoms with Crippen molar-refractivity contribution < 1.29 is 4.57 Å². The first kappa shape index (κ1) is 18.5. The van der Waals surface area contributed by atoms with Crippen LogP contribution in [0.4, 0.5) is 0 Å². The van der Waals surface area contributed by atoms with Gasteiger partial charge in [-0.05, 0) is 48.8 Å². The molecule has 3 aromatic rings. The molecule has 0 N–H and O–H groups in total. The molecule has 2 aromatic carbocycles. The van der Waals surface area contributed by atoms with Crippen LogP contribution >= 0.6 is 0 Å². The summed E-state index contributed by atoms with van der Waals surface area (Å²) < 4.78 is 2.63. The highest BCUT2D eigenvalue weighted by molar-refractivity contribution is 6.07. The average molecular weight is 361 g/mol. The summed E-state index contributed by atoms with van der Waals surface area (Å²) >= 11 is 0. The molecule has 0 bridgehead atoms. The molecule has 1 heteroatoms. The number of nitrogens with zero attached hydrogens (tertiary/aromatic N) is 1. The molecule has 0 fully saturated rings. The second-order valence-corrected chi connectivity index (χ2v) is 8.85. The third-order valence-electron chi connectivity index (χ3n) is 7.79. The first-order valence-electron chi connectivity index (χ1n) is 10.9. The van der Waals surface area contributed by atoms with Crippen LogP contribution in [-0.4, -0.2) is 0 Å². The Balaban J connectivity index is 2.11. The van der Waals surface area contributed by atoms with Gasteiger partial charge in [-0.15, -0.1) is 0 Å². The minimum absolute atomic E-state index is 0.0879. The van der Waals surface area contributed by atoms with Crippen molar-refractivity contribution in [1.29, 1.82) is 0 Å². The molecular formula is C26H34N+. The second-order valence-electron chi connectivity index (χ2n) is 8.85. The van der Waals surface area contributed by atoms with E-state index in [2.05, 4.69) is 81.8 Å². The molecule has 0 spiro atoms. The molecule has 142 valence electrons. The summed E-state index contributed by atoms with van der Waals surface area (Å²) in [5.41, 5.74) is 4.75. The average Bonchev–Trinajstić information content (AvgIpc) is 2.71. The van der Waals surface area contributed by atoms with Crippen molar-refractivity contribution in [2.45, 2.75) is 84.1 Å². The number of hydrogen-bond acceptors (Lipinski definition) is 0. The van der Waals surface area contributed by atoms with Gasteiger partial charge >= 0.3 is 0 Å². The van der Waals surface area contributed by atoms with Gasteiger partial charge < -0.3 is 0 Å². The number of benzene rings is 2. The van der Waals surface area contributed by atoms with Gasteiger partial charge in [0.15, 0.2) is 11.7 Å². The Hall–Kier alpha value is -1.89. The number of aromatic nitrogens is 1. The monoisotopic (exact) mass is 360 g/mol. The predicted octanol–water partition coefficient (Wildman–Crippen LogP) is 6.82. The first-order valence-corrected chi connectivity index (χ1v) is 10.9. The lowest BCUT2D eigenvalue weighted by molar-refractivity contribution is -0.750. The number of hydrogen-bond donors (Lipinski definition) is 0. The molecule has 2 unspecified atom stereocenters. The Bertz CT molecular complexity index is 1000. The highest BCUT2D eigenvalue weighted by Crippen LogP contribution is 2.49. The third kappa shape index (κ3) is 2.40. The summed E-state index contributed by atoms with van der Waals surface area (Å²) in [6, 6.07) is 14.1. The van der Waals surface area contributed by atoms with Crippen molar-refractivity contribution >= 4 is 21.7 Å². The topological polar surface area (TPSA) is 3.88 Å². The van der Waals surface area contributed by atoms with Crippen LogP contribution < -0.4 is 4.57 Å². The molecule has 0 aliphatic carbocycles. The van der Waals surface area contributed by atoms with Gasteiger partial charge in [0.25, 0.3) is 0 Å². The van der Waals surface area contributed by atoms with E-state index in [1.165, 1.54) is 52.9 Å². The van der Waals surface area contributed by atoms with Gasteiger partial charge in [-0.25, -0.2) is 0 Å². The third-order valence-corrected chi connectivity index (χ3v) is 7.79. The van der Waals surface area contributed by atoms with Crippen molar-refractivity contribution in [3.05, 3.63) is 53.7 Å². The summed E-state index contributed by atoms with van der Waals surface area (Å²) in [7, 11) is 0. The van der Waals surface area contributed by atoms with Gasteiger partial charge in [-0.3, -0.25) is 0 Å². The molecule has 0 amide bonds. The number of unbranched alkanes of at least 4 members (excludes halogenated alkanes) is 2. The lowest BCUT2D eigenvalue weighted by Crippen LogP contribution is -2.66. The summed E-state index contributed by atoms with van der Waals surface area (Å²) in [5, 5.41) is 4.34. The van der Waals surface area contributed by atoms with Crippen molar-refractivity contribution in [2.24, 2.45) is 0 Å². The van der Waals surface area contributed by atoms with E-state index < -0.39 is 0 Å². The standard InChI is InChI=1S/C26H34N/c1-6-9-10-12-19-17-18-27-24-21(19)16-15-20-13-11-14-22(23(20)24)25(4,7-2)26(27,5)8-3/h11,13-18H,6-10,12H2,1-5H3/q+1. The Morgan fingerprint density at radius 3 is 2.41 bits per heavy atom. The molecule has 0 saturated heterocycles. The van der Waals surface area contributed by atoms with Crippen LogP contribution in [0.25, 0.3) is 21.7 Å². The Kier molecular flexibility index (Phi) is 4.53. The molecule has 0 radical (unpaired) electrons. The quantitative estimate of drug-likeness (QED) is 0.258. The Labute approximate surface area is 164 Å². The van der Waals surface area contributed by atoms with Crippen LogP contribution in [0.2, 0.25) is 0 Å². The van der Waals surface area contributed by atoms with Gasteiger partial charge in [0.1, 0.15) is 0 Å². The van der Waals surface area contributed by atoms with Crippen LogP contribution in [0.15, 0.2) is 42.6 Å². The molecular weight excluding hydrogens is 326 g/mol. The van der Waals surface area contributed by atoms with Crippen LogP contribution in [0.3, 0.4) is 0 Å². The summed E-state index contributed by atoms with van der Waals surface area (Å²) in [6.45, 7) is 12.0. The van der Waals surface area contributed by atoms with Crippen LogP contribution in [0.1, 0.15) is 77.8 Å². The first-order chi connectivity index (χ1) is 13.0. The van der Waals surface area contributed by atoms with Crippen molar-refractivity contribution in [3.63, 3.8) is 0 Å². The minimum atomic E-state index is 0.0879. The van der Waals surface area contributed by atoms with Crippen molar-refractivity contribution in [2.75, 3.05) is 0 Å². The van der Waals surface area contributed by atoms with Crippen LogP contribution in [0, 0.1) is 0 Å². The molecule has 0 saturated carbocycles. The number of pyridine rings is 1. The zero-order chi connectivity index (χ0) is 19.2. The fraction of sp³-hybridized carbons (Fsp3) is 0.500. The van der Waals surface area contributed by atoms with Crippen LogP contribution in [-0.2, 0) is 17.4 Å². The fourth-order valence-electron chi connectivity index (χ4n) is 5.54. The fourth-order valence-corrected chi connectivity index (χ4v) is 5.54. The van der Waals surface area contributed by atoms with Gasteiger partial charge in [0, 0.05) is 19.4 Å². The maximum absolute atomic E-state index is 2.63. The molecule has 4 rings (SSSR count). The van der Waals surface area contributed by atoms with Gasteiger partial charge in [0.05, 0.1) is 16.2 Å². The van der Waals surface area contributed by atoms with E-state index in [4.69, 9.17) is 0 Å². The number of rotatable bonds is 6. The van der Waals surface area contributed by atoms with E-state index in [1.807, 2.05) is 0 Å². The molecule has 1 nitrogen and oxygen atoms in total. The maximum Gasteiger partial charge on any atom is 0.221 e. The second kappa shape index (κ2) is 6.62. The molecule has 1 aliphatic heterocycles. The minimum Gasteiger partial charge on any atom is -0.192 e. The van der Waals surface area contributed by atoms with Gasteiger partial charge in [0.2, 0.25) is 5.52 Å². The van der Waals surface area contributed by atoms with Gasteiger partial charge in [-0.2, -0.15) is 4.57 Å². The lowest BCUT2D eigenvalue weighted by Gasteiger charge is -2.45. The Morgan fingerprint density at radius 1 is 0.889 bits per heavy atom. The van der Waals surface area contributed by atoms with Gasteiger partial charge in [-0.1, -0.05) is 57.9 Å². The largest absolute Gasteiger partial charge is 0.221 e. The highest BCUT2D eigenvalue weighted by Gasteiger charge is 2.55. The Morgan fingerprint density at radius 2 is 1.70 bits per heavy atom. The highest BCUT2D eigenvalue weighted by atomic mass is 15.1. The van der Waals surface area contributed by atoms with Crippen molar-refractivity contribution in [1.82, 2.24) is 0 Å². The summed E-state index contributed by atoms with van der Waals surface area (Å²) in [5.74, 6) is 0. The van der Waals surface area contributed by atoms with E-state index in [0.717, 1.165) is 12.8 Å². The molecule has 2 heterocycles. The van der Waals surface area contributed by atoms with E-state index in [0.29, 0.717) is 0 Å².